The molecule has 3 aromatic rings. The Morgan fingerprint density at radius 3 is 2.83 bits per heavy atom. The maximum absolute atomic E-state index is 12.7. The van der Waals surface area contributed by atoms with Crippen molar-refractivity contribution in [2.24, 2.45) is 7.05 Å². The Kier molecular flexibility index (Phi) is 9.77. The lowest BCUT2D eigenvalue weighted by atomic mass is 9.85. The van der Waals surface area contributed by atoms with Gasteiger partial charge in [-0.1, -0.05) is 18.2 Å². The number of rotatable bonds is 12. The van der Waals surface area contributed by atoms with Crippen LogP contribution in [-0.2, 0) is 40.6 Å². The van der Waals surface area contributed by atoms with Gasteiger partial charge in [-0.05, 0) is 73.8 Å². The minimum Gasteiger partial charge on any atom is -0.496 e. The molecular formula is C32H42N4O5. The normalized spacial score (nSPS) is 16.0. The third-order valence-corrected chi connectivity index (χ3v) is 8.01. The number of nitrogens with zero attached hydrogens (tertiary/aromatic N) is 3. The molecule has 1 aromatic carbocycles. The van der Waals surface area contributed by atoms with Crippen LogP contribution in [-0.4, -0.2) is 60.8 Å². The standard InChI is InChI=1S/C32H42N4O5/c1-4-40-31(37)20-25(28-19-24(8-10-29(28)38-3)22-11-15-39-16-12-22)18-27-21-30(36(2)35-27)41-17-13-26-9-7-23-6-5-14-33-32(23)34-26/h7-10,19,21-22,25H,4-6,11-18,20H2,1-3H3,(H,33,34). The second kappa shape index (κ2) is 13.9. The third kappa shape index (κ3) is 7.38. The Labute approximate surface area is 242 Å². The lowest BCUT2D eigenvalue weighted by molar-refractivity contribution is -0.143. The minimum absolute atomic E-state index is 0.154. The fourth-order valence-electron chi connectivity index (χ4n) is 5.83. The summed E-state index contributed by atoms with van der Waals surface area (Å²) in [7, 11) is 3.56. The molecule has 1 unspecified atom stereocenters. The van der Waals surface area contributed by atoms with Crippen molar-refractivity contribution in [2.75, 3.05) is 45.4 Å². The first-order chi connectivity index (χ1) is 20.0. The third-order valence-electron chi connectivity index (χ3n) is 8.01. The maximum Gasteiger partial charge on any atom is 0.306 e. The molecule has 2 aliphatic heterocycles. The lowest BCUT2D eigenvalue weighted by Gasteiger charge is -2.25. The molecule has 0 spiro atoms. The van der Waals surface area contributed by atoms with Crippen LogP contribution in [0.1, 0.15) is 72.5 Å². The first kappa shape index (κ1) is 28.9. The van der Waals surface area contributed by atoms with Gasteiger partial charge in [0, 0.05) is 50.9 Å². The van der Waals surface area contributed by atoms with Crippen molar-refractivity contribution < 1.29 is 23.7 Å². The average Bonchev–Trinajstić information content (AvgIpc) is 3.35. The summed E-state index contributed by atoms with van der Waals surface area (Å²) < 4.78 is 24.6. The van der Waals surface area contributed by atoms with Crippen LogP contribution in [0.3, 0.4) is 0 Å². The van der Waals surface area contributed by atoms with E-state index in [1.54, 1.807) is 11.8 Å². The number of anilines is 1. The lowest BCUT2D eigenvalue weighted by Crippen LogP contribution is -2.16. The van der Waals surface area contributed by atoms with Crippen molar-refractivity contribution in [1.29, 1.82) is 0 Å². The van der Waals surface area contributed by atoms with Crippen LogP contribution in [0.15, 0.2) is 36.4 Å². The summed E-state index contributed by atoms with van der Waals surface area (Å²) in [5.74, 6) is 2.52. The van der Waals surface area contributed by atoms with Crippen LogP contribution in [0.25, 0.3) is 0 Å². The Morgan fingerprint density at radius 1 is 1.17 bits per heavy atom. The molecule has 0 amide bonds. The largest absolute Gasteiger partial charge is 0.496 e. The molecule has 220 valence electrons. The molecule has 0 saturated carbocycles. The van der Waals surface area contributed by atoms with Gasteiger partial charge in [-0.3, -0.25) is 4.79 Å². The number of carbonyl (C=O) groups excluding carboxylic acids is 1. The molecule has 0 bridgehead atoms. The molecule has 9 nitrogen and oxygen atoms in total. The molecule has 1 N–H and O–H groups in total. The molecule has 0 aliphatic carbocycles. The van der Waals surface area contributed by atoms with E-state index in [9.17, 15) is 4.79 Å². The van der Waals surface area contributed by atoms with E-state index < -0.39 is 0 Å². The summed E-state index contributed by atoms with van der Waals surface area (Å²) in [6, 6.07) is 12.6. The zero-order valence-corrected chi connectivity index (χ0v) is 24.5. The van der Waals surface area contributed by atoms with E-state index >= 15 is 0 Å². The molecule has 5 rings (SSSR count). The van der Waals surface area contributed by atoms with Gasteiger partial charge in [0.1, 0.15) is 11.6 Å². The number of ether oxygens (including phenoxy) is 4. The van der Waals surface area contributed by atoms with Gasteiger partial charge < -0.3 is 24.3 Å². The minimum atomic E-state index is -0.226. The number of aryl methyl sites for hydroxylation is 2. The van der Waals surface area contributed by atoms with Crippen LogP contribution >= 0.6 is 0 Å². The number of pyridine rings is 1. The molecule has 0 radical (unpaired) electrons. The predicted molar refractivity (Wildman–Crippen MR) is 157 cm³/mol. The second-order valence-electron chi connectivity index (χ2n) is 10.8. The van der Waals surface area contributed by atoms with Gasteiger partial charge in [-0.15, -0.1) is 0 Å². The van der Waals surface area contributed by atoms with E-state index in [1.165, 1.54) is 11.1 Å². The second-order valence-corrected chi connectivity index (χ2v) is 10.8. The Hall–Kier alpha value is -3.59. The number of hydrogen-bond acceptors (Lipinski definition) is 8. The molecule has 4 heterocycles. The number of nitrogens with one attached hydrogen (secondary N) is 1. The van der Waals surface area contributed by atoms with Gasteiger partial charge in [0.15, 0.2) is 0 Å². The van der Waals surface area contributed by atoms with Crippen LogP contribution < -0.4 is 14.8 Å². The maximum atomic E-state index is 12.7. The molecule has 1 fully saturated rings. The first-order valence-corrected chi connectivity index (χ1v) is 14.8. The summed E-state index contributed by atoms with van der Waals surface area (Å²) >= 11 is 0. The van der Waals surface area contributed by atoms with Crippen molar-refractivity contribution in [2.45, 2.75) is 63.7 Å². The fourth-order valence-corrected chi connectivity index (χ4v) is 5.83. The van der Waals surface area contributed by atoms with E-state index in [4.69, 9.17) is 29.0 Å². The highest BCUT2D eigenvalue weighted by Crippen LogP contribution is 2.37. The number of fused-ring (bicyclic) bond motifs is 1. The van der Waals surface area contributed by atoms with E-state index in [0.29, 0.717) is 37.9 Å². The first-order valence-electron chi connectivity index (χ1n) is 14.8. The van der Waals surface area contributed by atoms with Gasteiger partial charge in [0.25, 0.3) is 0 Å². The van der Waals surface area contributed by atoms with E-state index in [2.05, 4.69) is 29.6 Å². The average molecular weight is 563 g/mol. The van der Waals surface area contributed by atoms with Gasteiger partial charge >= 0.3 is 5.97 Å². The highest BCUT2D eigenvalue weighted by Gasteiger charge is 2.25. The molecule has 9 heteroatoms. The number of hydrogen-bond donors (Lipinski definition) is 1. The topological polar surface area (TPSA) is 96.7 Å². The zero-order chi connectivity index (χ0) is 28.6. The Morgan fingerprint density at radius 2 is 2.02 bits per heavy atom. The Bertz CT molecular complexity index is 1320. The van der Waals surface area contributed by atoms with Crippen molar-refractivity contribution in [3.8, 4) is 11.6 Å². The van der Waals surface area contributed by atoms with Gasteiger partial charge in [-0.25, -0.2) is 9.67 Å². The van der Waals surface area contributed by atoms with Crippen LogP contribution in [0, 0.1) is 0 Å². The molecular weight excluding hydrogens is 520 g/mol. The summed E-state index contributed by atoms with van der Waals surface area (Å²) in [6.45, 7) is 5.20. The van der Waals surface area contributed by atoms with Gasteiger partial charge in [-0.2, -0.15) is 5.10 Å². The van der Waals surface area contributed by atoms with E-state index in [0.717, 1.165) is 74.0 Å². The SMILES string of the molecule is CCOC(=O)CC(Cc1cc(OCCc2ccc3c(n2)NCCC3)n(C)n1)c1cc(C2CCOCC2)ccc1OC. The van der Waals surface area contributed by atoms with Crippen LogP contribution in [0.2, 0.25) is 0 Å². The van der Waals surface area contributed by atoms with E-state index in [1.807, 2.05) is 26.1 Å². The number of esters is 1. The van der Waals surface area contributed by atoms with E-state index in [-0.39, 0.29) is 18.3 Å². The number of benzene rings is 1. The highest BCUT2D eigenvalue weighted by atomic mass is 16.5. The van der Waals surface area contributed by atoms with Crippen molar-refractivity contribution in [1.82, 2.24) is 14.8 Å². The number of methoxy groups -OCH3 is 1. The molecule has 2 aliphatic rings. The van der Waals surface area contributed by atoms with Crippen molar-refractivity contribution >= 4 is 11.8 Å². The molecule has 41 heavy (non-hydrogen) atoms. The molecule has 1 atom stereocenters. The predicted octanol–water partition coefficient (Wildman–Crippen LogP) is 4.98. The molecule has 1 saturated heterocycles. The van der Waals surface area contributed by atoms with Gasteiger partial charge in [0.2, 0.25) is 5.88 Å². The summed E-state index contributed by atoms with van der Waals surface area (Å²) in [6.07, 6.45) is 5.71. The quantitative estimate of drug-likeness (QED) is 0.309. The van der Waals surface area contributed by atoms with Crippen molar-refractivity contribution in [3.05, 3.63) is 64.5 Å². The van der Waals surface area contributed by atoms with Crippen LogP contribution in [0.4, 0.5) is 5.82 Å². The zero-order valence-electron chi connectivity index (χ0n) is 24.5. The number of aromatic nitrogens is 3. The monoisotopic (exact) mass is 562 g/mol. The fraction of sp³-hybridized carbons (Fsp3) is 0.531. The molecule has 2 aromatic heterocycles. The summed E-state index contributed by atoms with van der Waals surface area (Å²) in [4.78, 5) is 17.5. The van der Waals surface area contributed by atoms with Crippen molar-refractivity contribution in [3.63, 3.8) is 0 Å². The smallest absolute Gasteiger partial charge is 0.306 e. The Balaban J connectivity index is 1.30. The highest BCUT2D eigenvalue weighted by molar-refractivity contribution is 5.71. The summed E-state index contributed by atoms with van der Waals surface area (Å²) in [5.41, 5.74) is 5.40. The summed E-state index contributed by atoms with van der Waals surface area (Å²) in [5, 5.41) is 8.13. The van der Waals surface area contributed by atoms with Crippen LogP contribution in [0.5, 0.6) is 11.6 Å². The number of carbonyl (C=O) groups is 1. The van der Waals surface area contributed by atoms with Gasteiger partial charge in [0.05, 0.1) is 32.4 Å².